The van der Waals surface area contributed by atoms with Crippen molar-refractivity contribution in [2.75, 3.05) is 32.1 Å². The average Bonchev–Trinajstić information content (AvgIpc) is 3.01. The maximum absolute atomic E-state index is 12.5. The van der Waals surface area contributed by atoms with Crippen LogP contribution in [0.3, 0.4) is 0 Å². The zero-order chi connectivity index (χ0) is 20.3. The molecule has 0 spiro atoms. The standard InChI is InChI=1S/C18H22F3N5O2/c1-12-15(24-16-9-22-6-3-14(16)17(27)28-2)10-23-26(12)13-4-7-25(8-5-13)11-18(19,20)21/h3,6,9-10,13,24H,4-5,7-8,11H2,1-2H3. The summed E-state index contributed by atoms with van der Waals surface area (Å²) in [6, 6.07) is 1.60. The zero-order valence-corrected chi connectivity index (χ0v) is 15.7. The molecular formula is C18H22F3N5O2. The van der Waals surface area contributed by atoms with Gasteiger partial charge in [0.25, 0.3) is 0 Å². The summed E-state index contributed by atoms with van der Waals surface area (Å²) in [6.07, 6.45) is 1.69. The van der Waals surface area contributed by atoms with Crippen LogP contribution in [0.5, 0.6) is 0 Å². The van der Waals surface area contributed by atoms with Crippen molar-refractivity contribution in [2.24, 2.45) is 0 Å². The maximum atomic E-state index is 12.5. The number of ether oxygens (including phenoxy) is 1. The van der Waals surface area contributed by atoms with Crippen LogP contribution in [0.25, 0.3) is 0 Å². The molecule has 0 radical (unpaired) electrons. The van der Waals surface area contributed by atoms with Gasteiger partial charge in [0, 0.05) is 19.3 Å². The summed E-state index contributed by atoms with van der Waals surface area (Å²) >= 11 is 0. The first kappa shape index (κ1) is 20.1. The van der Waals surface area contributed by atoms with Crippen LogP contribution in [0.4, 0.5) is 24.5 Å². The molecule has 152 valence electrons. The van der Waals surface area contributed by atoms with Gasteiger partial charge in [-0.15, -0.1) is 0 Å². The molecule has 28 heavy (non-hydrogen) atoms. The molecule has 0 aromatic carbocycles. The van der Waals surface area contributed by atoms with Crippen LogP contribution in [0.2, 0.25) is 0 Å². The second kappa shape index (κ2) is 8.17. The van der Waals surface area contributed by atoms with Crippen molar-refractivity contribution in [3.8, 4) is 0 Å². The Morgan fingerprint density at radius 2 is 2.00 bits per heavy atom. The van der Waals surface area contributed by atoms with E-state index in [0.29, 0.717) is 42.9 Å². The van der Waals surface area contributed by atoms with Gasteiger partial charge in [-0.1, -0.05) is 0 Å². The van der Waals surface area contributed by atoms with Gasteiger partial charge in [0.05, 0.1) is 54.7 Å². The summed E-state index contributed by atoms with van der Waals surface area (Å²) in [6.45, 7) is 1.76. The van der Waals surface area contributed by atoms with Crippen LogP contribution in [0.1, 0.15) is 34.9 Å². The molecule has 1 fully saturated rings. The number of hydrogen-bond donors (Lipinski definition) is 1. The number of piperidine rings is 1. The Bertz CT molecular complexity index is 829. The van der Waals surface area contributed by atoms with Crippen molar-refractivity contribution in [2.45, 2.75) is 32.0 Å². The van der Waals surface area contributed by atoms with E-state index < -0.39 is 18.7 Å². The molecule has 1 aliphatic heterocycles. The average molecular weight is 397 g/mol. The van der Waals surface area contributed by atoms with Crippen LogP contribution < -0.4 is 5.32 Å². The van der Waals surface area contributed by atoms with Crippen molar-refractivity contribution in [1.29, 1.82) is 0 Å². The molecule has 0 saturated carbocycles. The summed E-state index contributed by atoms with van der Waals surface area (Å²) in [5.41, 5.74) is 2.40. The van der Waals surface area contributed by atoms with Crippen LogP contribution in [-0.2, 0) is 4.74 Å². The van der Waals surface area contributed by atoms with E-state index in [9.17, 15) is 18.0 Å². The number of hydrogen-bond acceptors (Lipinski definition) is 6. The minimum atomic E-state index is -4.17. The zero-order valence-electron chi connectivity index (χ0n) is 15.7. The molecule has 10 heteroatoms. The van der Waals surface area contributed by atoms with Crippen molar-refractivity contribution < 1.29 is 22.7 Å². The predicted octanol–water partition coefficient (Wildman–Crippen LogP) is 3.32. The fraction of sp³-hybridized carbons (Fsp3) is 0.500. The van der Waals surface area contributed by atoms with Gasteiger partial charge in [0.2, 0.25) is 0 Å². The number of carbonyl (C=O) groups is 1. The highest BCUT2D eigenvalue weighted by atomic mass is 19.4. The van der Waals surface area contributed by atoms with Gasteiger partial charge in [0.15, 0.2) is 0 Å². The molecule has 0 amide bonds. The van der Waals surface area contributed by atoms with Gasteiger partial charge in [-0.2, -0.15) is 18.3 Å². The Morgan fingerprint density at radius 1 is 1.29 bits per heavy atom. The topological polar surface area (TPSA) is 72.3 Å². The summed E-state index contributed by atoms with van der Waals surface area (Å²) < 4.78 is 44.2. The minimum Gasteiger partial charge on any atom is -0.465 e. The van der Waals surface area contributed by atoms with E-state index in [1.54, 1.807) is 12.3 Å². The molecule has 1 saturated heterocycles. The largest absolute Gasteiger partial charge is 0.465 e. The van der Waals surface area contributed by atoms with E-state index in [-0.39, 0.29) is 6.04 Å². The van der Waals surface area contributed by atoms with E-state index in [2.05, 4.69) is 15.4 Å². The Balaban J connectivity index is 1.70. The van der Waals surface area contributed by atoms with Crippen LogP contribution in [-0.4, -0.2) is 58.6 Å². The molecule has 0 unspecified atom stereocenters. The van der Waals surface area contributed by atoms with Crippen LogP contribution >= 0.6 is 0 Å². The van der Waals surface area contributed by atoms with E-state index in [1.807, 2.05) is 11.6 Å². The SMILES string of the molecule is COC(=O)c1ccncc1Nc1cnn(C2CCN(CC(F)(F)F)CC2)c1C. The molecule has 3 rings (SSSR count). The first-order chi connectivity index (χ1) is 13.3. The smallest absolute Gasteiger partial charge is 0.401 e. The second-order valence-electron chi connectivity index (χ2n) is 6.75. The molecule has 1 N–H and O–H groups in total. The lowest BCUT2D eigenvalue weighted by Gasteiger charge is -2.32. The van der Waals surface area contributed by atoms with E-state index in [4.69, 9.17) is 4.74 Å². The number of nitrogens with one attached hydrogen (secondary N) is 1. The maximum Gasteiger partial charge on any atom is 0.401 e. The number of likely N-dealkylation sites (tertiary alicyclic amines) is 1. The van der Waals surface area contributed by atoms with Gasteiger partial charge >= 0.3 is 12.1 Å². The lowest BCUT2D eigenvalue weighted by atomic mass is 10.0. The van der Waals surface area contributed by atoms with Crippen LogP contribution in [0.15, 0.2) is 24.7 Å². The lowest BCUT2D eigenvalue weighted by Crippen LogP contribution is -2.40. The number of alkyl halides is 3. The molecule has 0 bridgehead atoms. The first-order valence-corrected chi connectivity index (χ1v) is 8.91. The fourth-order valence-corrected chi connectivity index (χ4v) is 3.42. The molecule has 0 aliphatic carbocycles. The molecule has 0 atom stereocenters. The number of aromatic nitrogens is 3. The molecule has 2 aromatic heterocycles. The Hall–Kier alpha value is -2.62. The monoisotopic (exact) mass is 397 g/mol. The molecule has 2 aromatic rings. The number of anilines is 2. The predicted molar refractivity (Wildman–Crippen MR) is 96.6 cm³/mol. The number of esters is 1. The number of rotatable bonds is 5. The normalized spacial score (nSPS) is 16.2. The highest BCUT2D eigenvalue weighted by Gasteiger charge is 2.33. The van der Waals surface area contributed by atoms with Gasteiger partial charge in [0.1, 0.15) is 0 Å². The van der Waals surface area contributed by atoms with E-state index >= 15 is 0 Å². The summed E-state index contributed by atoms with van der Waals surface area (Å²) in [7, 11) is 1.31. The van der Waals surface area contributed by atoms with Gasteiger partial charge in [-0.3, -0.25) is 14.6 Å². The number of nitrogens with zero attached hydrogens (tertiary/aromatic N) is 4. The molecule has 3 heterocycles. The quantitative estimate of drug-likeness (QED) is 0.781. The summed E-state index contributed by atoms with van der Waals surface area (Å²) in [5, 5.41) is 7.56. The Kier molecular flexibility index (Phi) is 5.87. The fourth-order valence-electron chi connectivity index (χ4n) is 3.42. The number of methoxy groups -OCH3 is 1. The third kappa shape index (κ3) is 4.61. The third-order valence-corrected chi connectivity index (χ3v) is 4.85. The number of halogens is 3. The summed E-state index contributed by atoms with van der Waals surface area (Å²) in [4.78, 5) is 17.3. The van der Waals surface area contributed by atoms with E-state index in [1.165, 1.54) is 24.4 Å². The number of pyridine rings is 1. The van der Waals surface area contributed by atoms with Crippen molar-refractivity contribution >= 4 is 17.3 Å². The van der Waals surface area contributed by atoms with Gasteiger partial charge in [-0.05, 0) is 25.8 Å². The molecular weight excluding hydrogens is 375 g/mol. The first-order valence-electron chi connectivity index (χ1n) is 8.91. The lowest BCUT2D eigenvalue weighted by molar-refractivity contribution is -0.148. The van der Waals surface area contributed by atoms with Gasteiger partial charge in [-0.25, -0.2) is 4.79 Å². The Morgan fingerprint density at radius 3 is 2.64 bits per heavy atom. The van der Waals surface area contributed by atoms with Crippen LogP contribution in [0, 0.1) is 6.92 Å². The number of carbonyl (C=O) groups excluding carboxylic acids is 1. The molecule has 7 nitrogen and oxygen atoms in total. The summed E-state index contributed by atoms with van der Waals surface area (Å²) in [5.74, 6) is -0.480. The highest BCUT2D eigenvalue weighted by molar-refractivity contribution is 5.96. The molecule has 1 aliphatic rings. The van der Waals surface area contributed by atoms with Crippen molar-refractivity contribution in [1.82, 2.24) is 19.7 Å². The second-order valence-corrected chi connectivity index (χ2v) is 6.75. The third-order valence-electron chi connectivity index (χ3n) is 4.85. The van der Waals surface area contributed by atoms with Gasteiger partial charge < -0.3 is 10.1 Å². The van der Waals surface area contributed by atoms with E-state index in [0.717, 1.165) is 5.69 Å². The highest BCUT2D eigenvalue weighted by Crippen LogP contribution is 2.29. The minimum absolute atomic E-state index is 0.0361. The van der Waals surface area contributed by atoms with Crippen molar-refractivity contribution in [3.05, 3.63) is 35.9 Å². The van der Waals surface area contributed by atoms with Crippen molar-refractivity contribution in [3.63, 3.8) is 0 Å². The Labute approximate surface area is 160 Å².